The zero-order valence-electron chi connectivity index (χ0n) is 9.69. The van der Waals surface area contributed by atoms with Gasteiger partial charge in [0.2, 0.25) is 0 Å². The van der Waals surface area contributed by atoms with Gasteiger partial charge in [-0.1, -0.05) is 35.9 Å². The fraction of sp³-hybridized carbons (Fsp3) is 0.133. The number of hydrogen-bond donors (Lipinski definition) is 0. The van der Waals surface area contributed by atoms with E-state index in [4.69, 9.17) is 4.74 Å². The Morgan fingerprint density at radius 1 is 1.06 bits per heavy atom. The SMILES string of the molecule is [Ru+].[c-]1ccccc1C1=N[C@H](c2ccccc2)CO1. The van der Waals surface area contributed by atoms with Crippen molar-refractivity contribution in [3.05, 3.63) is 71.8 Å². The third kappa shape index (κ3) is 2.68. The van der Waals surface area contributed by atoms with Crippen molar-refractivity contribution in [1.29, 1.82) is 0 Å². The molecule has 0 N–H and O–H groups in total. The van der Waals surface area contributed by atoms with Crippen molar-refractivity contribution in [3.8, 4) is 0 Å². The zero-order valence-corrected chi connectivity index (χ0v) is 11.4. The van der Waals surface area contributed by atoms with Gasteiger partial charge in [0, 0.05) is 0 Å². The molecule has 2 aromatic carbocycles. The van der Waals surface area contributed by atoms with Gasteiger partial charge in [-0.3, -0.25) is 4.99 Å². The summed E-state index contributed by atoms with van der Waals surface area (Å²) in [6.07, 6.45) is 0. The van der Waals surface area contributed by atoms with Gasteiger partial charge in [0.25, 0.3) is 0 Å². The quantitative estimate of drug-likeness (QED) is 0.615. The van der Waals surface area contributed by atoms with Crippen LogP contribution in [0.5, 0.6) is 0 Å². The fourth-order valence-electron chi connectivity index (χ4n) is 1.89. The first-order chi connectivity index (χ1) is 8.43. The minimum absolute atomic E-state index is 0. The first-order valence-corrected chi connectivity index (χ1v) is 5.66. The van der Waals surface area contributed by atoms with Crippen LogP contribution in [0.2, 0.25) is 0 Å². The molecule has 0 spiro atoms. The van der Waals surface area contributed by atoms with Gasteiger partial charge >= 0.3 is 19.5 Å². The molecular weight excluding hydrogens is 311 g/mol. The second-order valence-corrected chi connectivity index (χ2v) is 3.95. The summed E-state index contributed by atoms with van der Waals surface area (Å²) in [4.78, 5) is 4.59. The maximum absolute atomic E-state index is 5.62. The van der Waals surface area contributed by atoms with Crippen LogP contribution in [0.1, 0.15) is 17.2 Å². The molecule has 1 aliphatic rings. The van der Waals surface area contributed by atoms with Gasteiger partial charge in [-0.25, -0.2) is 0 Å². The van der Waals surface area contributed by atoms with Gasteiger partial charge in [-0.05, 0) is 5.56 Å². The van der Waals surface area contributed by atoms with Gasteiger partial charge in [-0.15, -0.1) is 30.3 Å². The summed E-state index contributed by atoms with van der Waals surface area (Å²) in [6.45, 7) is 0.613. The molecule has 18 heavy (non-hydrogen) atoms. The van der Waals surface area contributed by atoms with Crippen molar-refractivity contribution >= 4 is 5.90 Å². The average Bonchev–Trinajstić information content (AvgIpc) is 2.90. The van der Waals surface area contributed by atoms with Crippen LogP contribution in [0.25, 0.3) is 0 Å². The van der Waals surface area contributed by atoms with E-state index in [9.17, 15) is 0 Å². The number of rotatable bonds is 2. The van der Waals surface area contributed by atoms with Crippen molar-refractivity contribution in [2.24, 2.45) is 4.99 Å². The van der Waals surface area contributed by atoms with Gasteiger partial charge < -0.3 is 4.74 Å². The molecule has 0 bridgehead atoms. The van der Waals surface area contributed by atoms with Crippen LogP contribution in [0.4, 0.5) is 0 Å². The molecule has 2 nitrogen and oxygen atoms in total. The van der Waals surface area contributed by atoms with Crippen LogP contribution < -0.4 is 0 Å². The monoisotopic (exact) mass is 324 g/mol. The molecule has 1 radical (unpaired) electrons. The second kappa shape index (κ2) is 5.92. The summed E-state index contributed by atoms with van der Waals surface area (Å²) in [5.41, 5.74) is 2.12. The molecule has 0 saturated heterocycles. The van der Waals surface area contributed by atoms with Crippen molar-refractivity contribution in [2.45, 2.75) is 6.04 Å². The summed E-state index contributed by atoms with van der Waals surface area (Å²) in [5, 5.41) is 0. The molecule has 2 aromatic rings. The minimum Gasteiger partial charge on any atom is -0.518 e. The van der Waals surface area contributed by atoms with Crippen LogP contribution in [0.15, 0.2) is 59.6 Å². The topological polar surface area (TPSA) is 21.6 Å². The Bertz CT molecular complexity index is 525. The molecule has 0 amide bonds. The molecule has 0 aromatic heterocycles. The summed E-state index contributed by atoms with van der Waals surface area (Å²) in [6, 6.07) is 21.2. The number of benzene rings is 2. The second-order valence-electron chi connectivity index (χ2n) is 3.95. The number of aliphatic imine (C=N–C) groups is 1. The Hall–Kier alpha value is -1.47. The van der Waals surface area contributed by atoms with Crippen LogP contribution in [-0.4, -0.2) is 12.5 Å². The van der Waals surface area contributed by atoms with Gasteiger partial charge in [0.1, 0.15) is 18.5 Å². The van der Waals surface area contributed by atoms with Gasteiger partial charge in [-0.2, -0.15) is 0 Å². The fourth-order valence-corrected chi connectivity index (χ4v) is 1.89. The molecule has 1 atom stereocenters. The maximum Gasteiger partial charge on any atom is 1.00 e. The normalized spacial score (nSPS) is 17.6. The number of nitrogens with zero attached hydrogens (tertiary/aromatic N) is 1. The third-order valence-electron chi connectivity index (χ3n) is 2.77. The largest absolute Gasteiger partial charge is 1.00 e. The van der Waals surface area contributed by atoms with Crippen molar-refractivity contribution in [3.63, 3.8) is 0 Å². The standard InChI is InChI=1S/C15H12NO.Ru/c1-3-7-12(8-4-1)14-11-17-15(16-14)13-9-5-2-6-10-13;/h1-9,14H,11H2;/q-1;+1/t14-;/m0./s1. The minimum atomic E-state index is 0. The molecule has 1 aliphatic heterocycles. The van der Waals surface area contributed by atoms with Crippen molar-refractivity contribution in [1.82, 2.24) is 0 Å². The van der Waals surface area contributed by atoms with Crippen LogP contribution in [0.3, 0.4) is 0 Å². The van der Waals surface area contributed by atoms with Crippen LogP contribution in [-0.2, 0) is 24.2 Å². The summed E-state index contributed by atoms with van der Waals surface area (Å²) in [5.74, 6) is 0.694. The molecule has 0 unspecified atom stereocenters. The van der Waals surface area contributed by atoms with E-state index in [0.29, 0.717) is 12.5 Å². The Morgan fingerprint density at radius 2 is 1.83 bits per heavy atom. The summed E-state index contributed by atoms with van der Waals surface area (Å²) < 4.78 is 5.62. The van der Waals surface area contributed by atoms with E-state index in [-0.39, 0.29) is 25.5 Å². The molecule has 0 aliphatic carbocycles. The molecule has 91 valence electrons. The van der Waals surface area contributed by atoms with E-state index >= 15 is 0 Å². The maximum atomic E-state index is 5.62. The first kappa shape index (κ1) is 13.0. The number of hydrogen-bond acceptors (Lipinski definition) is 2. The zero-order chi connectivity index (χ0) is 11.5. The Labute approximate surface area is 119 Å². The van der Waals surface area contributed by atoms with Gasteiger partial charge in [0.05, 0.1) is 0 Å². The Morgan fingerprint density at radius 3 is 2.56 bits per heavy atom. The third-order valence-corrected chi connectivity index (χ3v) is 2.77. The van der Waals surface area contributed by atoms with E-state index < -0.39 is 0 Å². The molecule has 1 heterocycles. The molecule has 0 saturated carbocycles. The van der Waals surface area contributed by atoms with Crippen molar-refractivity contribution < 1.29 is 24.2 Å². The predicted molar refractivity (Wildman–Crippen MR) is 67.0 cm³/mol. The van der Waals surface area contributed by atoms with Crippen LogP contribution >= 0.6 is 0 Å². The molecule has 3 heteroatoms. The van der Waals surface area contributed by atoms with Crippen LogP contribution in [0, 0.1) is 6.07 Å². The van der Waals surface area contributed by atoms with Crippen molar-refractivity contribution in [2.75, 3.05) is 6.61 Å². The smallest absolute Gasteiger partial charge is 0.518 e. The first-order valence-electron chi connectivity index (χ1n) is 5.66. The Kier molecular flexibility index (Phi) is 4.27. The van der Waals surface area contributed by atoms with E-state index in [1.165, 1.54) is 5.56 Å². The summed E-state index contributed by atoms with van der Waals surface area (Å²) in [7, 11) is 0. The Balaban J connectivity index is 0.00000120. The van der Waals surface area contributed by atoms with Gasteiger partial charge in [0.15, 0.2) is 0 Å². The summed E-state index contributed by atoms with van der Waals surface area (Å²) >= 11 is 0. The molecule has 3 rings (SSSR count). The van der Waals surface area contributed by atoms with E-state index in [1.54, 1.807) is 0 Å². The number of ether oxygens (including phenoxy) is 1. The van der Waals surface area contributed by atoms with E-state index in [0.717, 1.165) is 5.56 Å². The van der Waals surface area contributed by atoms with E-state index in [1.807, 2.05) is 42.5 Å². The predicted octanol–water partition coefficient (Wildman–Crippen LogP) is 3.00. The molecular formula is C15H12NORu. The van der Waals surface area contributed by atoms with E-state index in [2.05, 4.69) is 23.2 Å². The molecule has 0 fully saturated rings. The average molecular weight is 323 g/mol.